The number of rotatable bonds is 1. The molecule has 0 unspecified atom stereocenters. The number of aromatic nitrogens is 2. The lowest BCUT2D eigenvalue weighted by Gasteiger charge is -2.02. The van der Waals surface area contributed by atoms with Crippen LogP contribution in [0.2, 0.25) is 0 Å². The van der Waals surface area contributed by atoms with Crippen LogP contribution in [0.15, 0.2) is 24.3 Å². The first-order valence-corrected chi connectivity index (χ1v) is 5.24. The van der Waals surface area contributed by atoms with Gasteiger partial charge in [0, 0.05) is 16.7 Å². The van der Waals surface area contributed by atoms with Crippen molar-refractivity contribution in [2.24, 2.45) is 0 Å². The third-order valence-corrected chi connectivity index (χ3v) is 3.00. The highest BCUT2D eigenvalue weighted by atomic mass is 32.1. The topological polar surface area (TPSA) is 28.7 Å². The second kappa shape index (κ2) is 2.89. The summed E-state index contributed by atoms with van der Waals surface area (Å²) in [6.45, 7) is 0. The molecule has 1 heterocycles. The molecular formula is C11H10N2S. The summed E-state index contributed by atoms with van der Waals surface area (Å²) < 4.78 is 0.741. The number of fused-ring (bicyclic) bond motifs is 1. The second-order valence-corrected chi connectivity index (χ2v) is 4.17. The van der Waals surface area contributed by atoms with E-state index in [0.29, 0.717) is 5.92 Å². The molecule has 2 aromatic rings. The first-order chi connectivity index (χ1) is 6.86. The van der Waals surface area contributed by atoms with Crippen molar-refractivity contribution < 1.29 is 0 Å². The van der Waals surface area contributed by atoms with Crippen molar-refractivity contribution in [1.82, 2.24) is 10.2 Å². The van der Waals surface area contributed by atoms with Crippen molar-refractivity contribution in [3.63, 3.8) is 0 Å². The van der Waals surface area contributed by atoms with Gasteiger partial charge in [0.05, 0.1) is 5.69 Å². The average Bonchev–Trinajstić information content (AvgIpc) is 3.03. The minimum absolute atomic E-state index is 0.659. The molecule has 1 aliphatic rings. The number of nitrogens with one attached hydrogen (secondary N) is 1. The molecule has 1 saturated carbocycles. The molecule has 3 rings (SSSR count). The fraction of sp³-hybridized carbons (Fsp3) is 0.273. The molecule has 0 bridgehead atoms. The molecule has 1 fully saturated rings. The van der Waals surface area contributed by atoms with Gasteiger partial charge in [-0.1, -0.05) is 36.5 Å². The maximum absolute atomic E-state index is 5.20. The number of H-pyrrole nitrogens is 1. The van der Waals surface area contributed by atoms with E-state index in [9.17, 15) is 0 Å². The van der Waals surface area contributed by atoms with Crippen molar-refractivity contribution in [2.45, 2.75) is 18.8 Å². The lowest BCUT2D eigenvalue weighted by Crippen LogP contribution is -1.93. The SMILES string of the molecule is S=c1[nH]nc(C2CC2)c2ccccc12. The van der Waals surface area contributed by atoms with Gasteiger partial charge in [-0.15, -0.1) is 0 Å². The molecule has 0 aliphatic heterocycles. The van der Waals surface area contributed by atoms with Gasteiger partial charge in [-0.3, -0.25) is 5.10 Å². The first-order valence-electron chi connectivity index (χ1n) is 4.83. The molecular weight excluding hydrogens is 192 g/mol. The van der Waals surface area contributed by atoms with Crippen LogP contribution < -0.4 is 0 Å². The summed E-state index contributed by atoms with van der Waals surface area (Å²) in [5.74, 6) is 0.659. The number of nitrogens with zero attached hydrogens (tertiary/aromatic N) is 1. The van der Waals surface area contributed by atoms with Crippen molar-refractivity contribution >= 4 is 23.0 Å². The van der Waals surface area contributed by atoms with Crippen LogP contribution in [0, 0.1) is 4.64 Å². The summed E-state index contributed by atoms with van der Waals surface area (Å²) in [5.41, 5.74) is 1.19. The summed E-state index contributed by atoms with van der Waals surface area (Å²) >= 11 is 5.20. The van der Waals surface area contributed by atoms with Gasteiger partial charge in [0.15, 0.2) is 0 Å². The van der Waals surface area contributed by atoms with Gasteiger partial charge >= 0.3 is 0 Å². The molecule has 0 atom stereocenters. The fourth-order valence-corrected chi connectivity index (χ4v) is 2.03. The van der Waals surface area contributed by atoms with Gasteiger partial charge < -0.3 is 0 Å². The monoisotopic (exact) mass is 202 g/mol. The van der Waals surface area contributed by atoms with E-state index in [0.717, 1.165) is 10.0 Å². The minimum Gasteiger partial charge on any atom is -0.267 e. The Balaban J connectivity index is 2.41. The summed E-state index contributed by atoms with van der Waals surface area (Å²) in [7, 11) is 0. The number of hydrogen-bond acceptors (Lipinski definition) is 2. The molecule has 3 heteroatoms. The summed E-state index contributed by atoms with van der Waals surface area (Å²) in [4.78, 5) is 0. The molecule has 1 N–H and O–H groups in total. The van der Waals surface area contributed by atoms with E-state index in [1.54, 1.807) is 0 Å². The molecule has 0 amide bonds. The minimum atomic E-state index is 0.659. The van der Waals surface area contributed by atoms with Crippen molar-refractivity contribution in [3.8, 4) is 0 Å². The number of hydrogen-bond donors (Lipinski definition) is 1. The number of aromatic amines is 1. The van der Waals surface area contributed by atoms with Crippen LogP contribution in [-0.2, 0) is 0 Å². The predicted molar refractivity (Wildman–Crippen MR) is 58.9 cm³/mol. The van der Waals surface area contributed by atoms with Gasteiger partial charge in [-0.05, 0) is 12.8 Å². The maximum Gasteiger partial charge on any atom is 0.127 e. The van der Waals surface area contributed by atoms with Crippen LogP contribution in [0.1, 0.15) is 24.5 Å². The fourth-order valence-electron chi connectivity index (χ4n) is 1.80. The standard InChI is InChI=1S/C11H10N2S/c14-11-9-4-2-1-3-8(9)10(12-13-11)7-5-6-7/h1-4,7H,5-6H2,(H,13,14). The molecule has 1 aromatic carbocycles. The third-order valence-electron chi connectivity index (χ3n) is 2.69. The Hall–Kier alpha value is -1.22. The van der Waals surface area contributed by atoms with Crippen LogP contribution in [0.25, 0.3) is 10.8 Å². The van der Waals surface area contributed by atoms with Gasteiger partial charge in [-0.2, -0.15) is 5.10 Å². The summed E-state index contributed by atoms with van der Waals surface area (Å²) in [5, 5.41) is 9.61. The summed E-state index contributed by atoms with van der Waals surface area (Å²) in [6.07, 6.45) is 2.53. The van der Waals surface area contributed by atoms with E-state index in [4.69, 9.17) is 12.2 Å². The second-order valence-electron chi connectivity index (χ2n) is 3.76. The van der Waals surface area contributed by atoms with Gasteiger partial charge in [0.25, 0.3) is 0 Å². The highest BCUT2D eigenvalue weighted by Crippen LogP contribution is 2.41. The highest BCUT2D eigenvalue weighted by molar-refractivity contribution is 7.71. The van der Waals surface area contributed by atoms with Crippen LogP contribution in [0.4, 0.5) is 0 Å². The molecule has 1 aromatic heterocycles. The van der Waals surface area contributed by atoms with Crippen molar-refractivity contribution in [3.05, 3.63) is 34.6 Å². The quantitative estimate of drug-likeness (QED) is 0.719. The molecule has 0 saturated heterocycles. The van der Waals surface area contributed by atoms with E-state index in [-0.39, 0.29) is 0 Å². The lowest BCUT2D eigenvalue weighted by atomic mass is 10.1. The first kappa shape index (κ1) is 8.12. The molecule has 0 radical (unpaired) electrons. The van der Waals surface area contributed by atoms with Gasteiger partial charge in [0.1, 0.15) is 4.64 Å². The van der Waals surface area contributed by atoms with Crippen LogP contribution in [-0.4, -0.2) is 10.2 Å². The Morgan fingerprint density at radius 3 is 2.64 bits per heavy atom. The molecule has 14 heavy (non-hydrogen) atoms. The molecule has 2 nitrogen and oxygen atoms in total. The summed E-state index contributed by atoms with van der Waals surface area (Å²) in [6, 6.07) is 8.23. The van der Waals surface area contributed by atoms with E-state index in [1.807, 2.05) is 12.1 Å². The van der Waals surface area contributed by atoms with Crippen molar-refractivity contribution in [2.75, 3.05) is 0 Å². The normalized spacial score (nSPS) is 16.0. The molecule has 1 aliphatic carbocycles. The zero-order valence-electron chi connectivity index (χ0n) is 7.66. The van der Waals surface area contributed by atoms with Crippen LogP contribution >= 0.6 is 12.2 Å². The zero-order chi connectivity index (χ0) is 9.54. The third kappa shape index (κ3) is 1.16. The van der Waals surface area contributed by atoms with Gasteiger partial charge in [0.2, 0.25) is 0 Å². The Morgan fingerprint density at radius 2 is 1.93 bits per heavy atom. The smallest absolute Gasteiger partial charge is 0.127 e. The van der Waals surface area contributed by atoms with Crippen LogP contribution in [0.3, 0.4) is 0 Å². The Kier molecular flexibility index (Phi) is 1.67. The van der Waals surface area contributed by atoms with Crippen LogP contribution in [0.5, 0.6) is 0 Å². The van der Waals surface area contributed by atoms with E-state index >= 15 is 0 Å². The van der Waals surface area contributed by atoms with E-state index in [1.165, 1.54) is 23.9 Å². The number of benzene rings is 1. The predicted octanol–water partition coefficient (Wildman–Crippen LogP) is 3.17. The van der Waals surface area contributed by atoms with E-state index in [2.05, 4.69) is 22.3 Å². The zero-order valence-corrected chi connectivity index (χ0v) is 8.47. The lowest BCUT2D eigenvalue weighted by molar-refractivity contribution is 0.924. The largest absolute Gasteiger partial charge is 0.267 e. The maximum atomic E-state index is 5.20. The molecule has 70 valence electrons. The molecule has 0 spiro atoms. The Bertz CT molecular complexity index is 540. The van der Waals surface area contributed by atoms with Crippen molar-refractivity contribution in [1.29, 1.82) is 0 Å². The Morgan fingerprint density at radius 1 is 1.21 bits per heavy atom. The van der Waals surface area contributed by atoms with Gasteiger partial charge in [-0.25, -0.2) is 0 Å². The highest BCUT2D eigenvalue weighted by Gasteiger charge is 2.27. The average molecular weight is 202 g/mol. The Labute approximate surface area is 87.0 Å². The van der Waals surface area contributed by atoms with E-state index < -0.39 is 0 Å².